The van der Waals surface area contributed by atoms with Crippen LogP contribution in [0.1, 0.15) is 21.5 Å². The van der Waals surface area contributed by atoms with E-state index in [0.29, 0.717) is 33.5 Å². The van der Waals surface area contributed by atoms with Gasteiger partial charge in [-0.05, 0) is 57.7 Å². The average molecular weight is 508 g/mol. The van der Waals surface area contributed by atoms with E-state index in [0.717, 1.165) is 38.3 Å². The normalized spacial score (nSPS) is 15.9. The van der Waals surface area contributed by atoms with Crippen LogP contribution in [0.25, 0.3) is 0 Å². The number of fused-ring (bicyclic) bond motifs is 1. The fourth-order valence-corrected chi connectivity index (χ4v) is 4.48. The lowest BCUT2D eigenvalue weighted by molar-refractivity contribution is 0.0964. The molecule has 9 heteroatoms. The molecule has 0 aliphatic carbocycles. The summed E-state index contributed by atoms with van der Waals surface area (Å²) in [5.41, 5.74) is 4.94. The van der Waals surface area contributed by atoms with Gasteiger partial charge >= 0.3 is 0 Å². The summed E-state index contributed by atoms with van der Waals surface area (Å²) in [4.78, 5) is 23.8. The van der Waals surface area contributed by atoms with Crippen LogP contribution >= 0.6 is 15.9 Å². The van der Waals surface area contributed by atoms with E-state index in [-0.39, 0.29) is 5.91 Å². The molecule has 2 aliphatic heterocycles. The van der Waals surface area contributed by atoms with Gasteiger partial charge in [0.2, 0.25) is 5.95 Å². The van der Waals surface area contributed by atoms with Crippen molar-refractivity contribution in [3.05, 3.63) is 69.8 Å². The van der Waals surface area contributed by atoms with Gasteiger partial charge in [0.05, 0.1) is 15.7 Å². The highest BCUT2D eigenvalue weighted by Crippen LogP contribution is 2.29. The number of hydrogen-bond donors (Lipinski definition) is 4. The summed E-state index contributed by atoms with van der Waals surface area (Å²) < 4.78 is 0.704. The molecule has 0 saturated carbocycles. The number of halogens is 1. The van der Waals surface area contributed by atoms with Crippen molar-refractivity contribution < 1.29 is 4.79 Å². The topological polar surface area (TPSA) is 94.2 Å². The van der Waals surface area contributed by atoms with Crippen LogP contribution in [0.15, 0.2) is 53.1 Å². The minimum Gasteiger partial charge on any atom is -0.355 e. The standard InChI is InChI=1S/C24H26BrN7O/c1-26-23(33)19-4-2-3-5-21(19)30-22-20(25)13-28-24(31-22)29-17-7-6-16-14-32(18-11-27-12-18)9-8-15(16)10-17/h2-7,10,13,18,27H,8-9,11-12,14H2,1H3,(H,26,33)(H2,28,29,30,31). The first-order valence-electron chi connectivity index (χ1n) is 11.0. The number of hydrogen-bond acceptors (Lipinski definition) is 7. The Balaban J connectivity index is 1.33. The van der Waals surface area contributed by atoms with E-state index in [9.17, 15) is 4.79 Å². The minimum atomic E-state index is -0.164. The van der Waals surface area contributed by atoms with Gasteiger partial charge in [0.1, 0.15) is 5.82 Å². The second-order valence-corrected chi connectivity index (χ2v) is 9.14. The zero-order chi connectivity index (χ0) is 22.8. The maximum absolute atomic E-state index is 12.2. The number of rotatable bonds is 6. The van der Waals surface area contributed by atoms with E-state index in [1.807, 2.05) is 18.2 Å². The molecule has 33 heavy (non-hydrogen) atoms. The molecule has 4 N–H and O–H groups in total. The Kier molecular flexibility index (Phi) is 6.26. The van der Waals surface area contributed by atoms with Crippen LogP contribution in [0.4, 0.5) is 23.1 Å². The number of benzene rings is 2. The molecule has 2 aromatic carbocycles. The second kappa shape index (κ2) is 9.46. The third-order valence-corrected chi connectivity index (χ3v) is 6.76. The number of nitrogens with zero attached hydrogens (tertiary/aromatic N) is 3. The van der Waals surface area contributed by atoms with E-state index in [1.54, 1.807) is 19.3 Å². The predicted octanol–water partition coefficient (Wildman–Crippen LogP) is 3.42. The van der Waals surface area contributed by atoms with Gasteiger partial charge in [-0.15, -0.1) is 0 Å². The monoisotopic (exact) mass is 507 g/mol. The van der Waals surface area contributed by atoms with Gasteiger partial charge in [0.25, 0.3) is 5.91 Å². The Morgan fingerprint density at radius 3 is 2.79 bits per heavy atom. The average Bonchev–Trinajstić information content (AvgIpc) is 2.80. The fourth-order valence-electron chi connectivity index (χ4n) is 4.19. The van der Waals surface area contributed by atoms with Crippen LogP contribution in [-0.2, 0) is 13.0 Å². The zero-order valence-electron chi connectivity index (χ0n) is 18.4. The lowest BCUT2D eigenvalue weighted by Crippen LogP contribution is -2.57. The van der Waals surface area contributed by atoms with Crippen LogP contribution in [0.3, 0.4) is 0 Å². The number of carbonyl (C=O) groups is 1. The van der Waals surface area contributed by atoms with E-state index in [4.69, 9.17) is 0 Å². The van der Waals surface area contributed by atoms with Crippen LogP contribution < -0.4 is 21.3 Å². The van der Waals surface area contributed by atoms with Crippen molar-refractivity contribution >= 4 is 45.0 Å². The second-order valence-electron chi connectivity index (χ2n) is 8.28. The zero-order valence-corrected chi connectivity index (χ0v) is 19.9. The Bertz CT molecular complexity index is 1180. The summed E-state index contributed by atoms with van der Waals surface area (Å²) in [6.07, 6.45) is 2.74. The molecule has 0 radical (unpaired) electrons. The first kappa shape index (κ1) is 21.8. The Labute approximate surface area is 201 Å². The summed E-state index contributed by atoms with van der Waals surface area (Å²) in [5.74, 6) is 0.894. The lowest BCUT2D eigenvalue weighted by Gasteiger charge is -2.41. The molecule has 8 nitrogen and oxygen atoms in total. The summed E-state index contributed by atoms with van der Waals surface area (Å²) >= 11 is 3.50. The molecule has 0 unspecified atom stereocenters. The largest absolute Gasteiger partial charge is 0.355 e. The van der Waals surface area contributed by atoms with E-state index in [1.165, 1.54) is 11.1 Å². The molecule has 170 valence electrons. The minimum absolute atomic E-state index is 0.164. The van der Waals surface area contributed by atoms with Crippen molar-refractivity contribution in [2.75, 3.05) is 37.3 Å². The number of aromatic nitrogens is 2. The predicted molar refractivity (Wildman–Crippen MR) is 133 cm³/mol. The van der Waals surface area contributed by atoms with Crippen LogP contribution in [-0.4, -0.2) is 53.5 Å². The number of amides is 1. The van der Waals surface area contributed by atoms with Crippen molar-refractivity contribution in [2.45, 2.75) is 19.0 Å². The highest BCUT2D eigenvalue weighted by atomic mass is 79.9. The maximum Gasteiger partial charge on any atom is 0.253 e. The molecule has 3 heterocycles. The Morgan fingerprint density at radius 1 is 1.15 bits per heavy atom. The van der Waals surface area contributed by atoms with Crippen LogP contribution in [0, 0.1) is 0 Å². The van der Waals surface area contributed by atoms with Gasteiger partial charge in [-0.25, -0.2) is 4.98 Å². The molecule has 0 spiro atoms. The van der Waals surface area contributed by atoms with E-state index >= 15 is 0 Å². The molecule has 2 aliphatic rings. The smallest absolute Gasteiger partial charge is 0.253 e. The Hall–Kier alpha value is -3.01. The lowest BCUT2D eigenvalue weighted by atomic mass is 9.96. The first-order chi connectivity index (χ1) is 16.1. The van der Waals surface area contributed by atoms with Gasteiger partial charge in [-0.1, -0.05) is 18.2 Å². The summed E-state index contributed by atoms with van der Waals surface area (Å²) in [7, 11) is 1.61. The SMILES string of the molecule is CNC(=O)c1ccccc1Nc1nc(Nc2ccc3c(c2)CCN(C2CNC2)C3)ncc1Br. The molecule has 3 aromatic rings. The molecule has 1 fully saturated rings. The first-order valence-corrected chi connectivity index (χ1v) is 11.8. The van der Waals surface area contributed by atoms with Crippen LogP contribution in [0.2, 0.25) is 0 Å². The molecule has 1 aromatic heterocycles. The van der Waals surface area contributed by atoms with Gasteiger partial charge in [0, 0.05) is 51.2 Å². The Morgan fingerprint density at radius 2 is 2.00 bits per heavy atom. The van der Waals surface area contributed by atoms with Gasteiger partial charge < -0.3 is 21.3 Å². The van der Waals surface area contributed by atoms with Gasteiger partial charge in [-0.2, -0.15) is 4.98 Å². The molecule has 1 amide bonds. The van der Waals surface area contributed by atoms with E-state index < -0.39 is 0 Å². The molecule has 5 rings (SSSR count). The third-order valence-electron chi connectivity index (χ3n) is 6.18. The number of para-hydroxylation sites is 1. The van der Waals surface area contributed by atoms with Crippen molar-refractivity contribution in [1.82, 2.24) is 25.5 Å². The van der Waals surface area contributed by atoms with Gasteiger partial charge in [0.15, 0.2) is 0 Å². The number of anilines is 4. The summed E-state index contributed by atoms with van der Waals surface area (Å²) in [5, 5.41) is 12.6. The maximum atomic E-state index is 12.2. The summed E-state index contributed by atoms with van der Waals surface area (Å²) in [6, 6.07) is 14.5. The van der Waals surface area contributed by atoms with E-state index in [2.05, 4.69) is 70.3 Å². The fraction of sp³-hybridized carbons (Fsp3) is 0.292. The molecule has 0 atom stereocenters. The van der Waals surface area contributed by atoms with Crippen molar-refractivity contribution in [1.29, 1.82) is 0 Å². The number of nitrogens with one attached hydrogen (secondary N) is 4. The third kappa shape index (κ3) is 4.71. The molecule has 0 bridgehead atoms. The van der Waals surface area contributed by atoms with Crippen molar-refractivity contribution in [3.63, 3.8) is 0 Å². The summed E-state index contributed by atoms with van der Waals surface area (Å²) in [6.45, 7) is 4.30. The highest BCUT2D eigenvalue weighted by Gasteiger charge is 2.27. The quantitative estimate of drug-likeness (QED) is 0.406. The van der Waals surface area contributed by atoms with Gasteiger partial charge in [-0.3, -0.25) is 9.69 Å². The van der Waals surface area contributed by atoms with Crippen molar-refractivity contribution in [2.24, 2.45) is 0 Å². The molecule has 1 saturated heterocycles. The van der Waals surface area contributed by atoms with Crippen molar-refractivity contribution in [3.8, 4) is 0 Å². The molecular weight excluding hydrogens is 482 g/mol. The van der Waals surface area contributed by atoms with Crippen LogP contribution in [0.5, 0.6) is 0 Å². The number of carbonyl (C=O) groups excluding carboxylic acids is 1. The molecular formula is C24H26BrN7O. The highest BCUT2D eigenvalue weighted by molar-refractivity contribution is 9.10.